The summed E-state index contributed by atoms with van der Waals surface area (Å²) >= 11 is 0. The average Bonchev–Trinajstić information content (AvgIpc) is 2.99. The van der Waals surface area contributed by atoms with Crippen LogP contribution in [0.15, 0.2) is 53.1 Å². The van der Waals surface area contributed by atoms with Gasteiger partial charge in [-0.3, -0.25) is 4.98 Å². The van der Waals surface area contributed by atoms with Gasteiger partial charge in [-0.05, 0) is 59.7 Å². The van der Waals surface area contributed by atoms with Crippen LogP contribution in [0.2, 0.25) is 0 Å². The molecule has 0 radical (unpaired) electrons. The number of aryl methyl sites for hydroxylation is 1. The van der Waals surface area contributed by atoms with E-state index in [1.165, 1.54) is 27.5 Å². The Bertz CT molecular complexity index is 1100. The van der Waals surface area contributed by atoms with Gasteiger partial charge in [0, 0.05) is 22.5 Å². The number of rotatable bonds is 3. The summed E-state index contributed by atoms with van der Waals surface area (Å²) in [5.74, 6) is 0.903. The van der Waals surface area contributed by atoms with Gasteiger partial charge >= 0.3 is 0 Å². The molecule has 0 aliphatic carbocycles. The smallest absolute Gasteiger partial charge is 0.144 e. The highest BCUT2D eigenvalue weighted by Crippen LogP contribution is 2.39. The normalized spacial score (nSPS) is 12.0. The molecule has 0 saturated carbocycles. The van der Waals surface area contributed by atoms with Crippen LogP contribution in [-0.4, -0.2) is 4.98 Å². The second kappa shape index (κ2) is 6.28. The van der Waals surface area contributed by atoms with Crippen molar-refractivity contribution in [1.82, 2.24) is 4.98 Å². The van der Waals surface area contributed by atoms with E-state index in [9.17, 15) is 0 Å². The maximum Gasteiger partial charge on any atom is 0.144 e. The fourth-order valence-corrected chi connectivity index (χ4v) is 3.60. The molecule has 0 spiro atoms. The van der Waals surface area contributed by atoms with Gasteiger partial charge < -0.3 is 4.42 Å². The zero-order chi connectivity index (χ0) is 18.4. The van der Waals surface area contributed by atoms with Crippen LogP contribution < -0.4 is 0 Å². The largest absolute Gasteiger partial charge is 0.455 e. The number of aromatic nitrogens is 1. The van der Waals surface area contributed by atoms with Crippen molar-refractivity contribution in [1.29, 1.82) is 0 Å². The Morgan fingerprint density at radius 1 is 0.846 bits per heavy atom. The summed E-state index contributed by atoms with van der Waals surface area (Å²) < 4.78 is 6.47. The Morgan fingerprint density at radius 2 is 1.65 bits per heavy atom. The Balaban J connectivity index is 2.09. The van der Waals surface area contributed by atoms with Gasteiger partial charge in [-0.2, -0.15) is 0 Å². The number of hydrogen-bond acceptors (Lipinski definition) is 2. The lowest BCUT2D eigenvalue weighted by Gasteiger charge is -2.11. The van der Waals surface area contributed by atoms with Crippen molar-refractivity contribution in [3.63, 3.8) is 0 Å². The standard InChI is InChI=1S/C24H25NO/c1-14(2)17-12-20(15(3)4)24-21(13-17)18-7-6-8-19(23(18)26-24)22-11-16(5)9-10-25-22/h6-15H,1-5H3. The van der Waals surface area contributed by atoms with E-state index in [1.54, 1.807) is 0 Å². The van der Waals surface area contributed by atoms with Crippen molar-refractivity contribution in [2.75, 3.05) is 0 Å². The molecule has 0 amide bonds. The minimum absolute atomic E-state index is 0.414. The second-order valence-electron chi connectivity index (χ2n) is 7.80. The monoisotopic (exact) mass is 343 g/mol. The lowest BCUT2D eigenvalue weighted by Crippen LogP contribution is -1.93. The quantitative estimate of drug-likeness (QED) is 0.393. The van der Waals surface area contributed by atoms with E-state index >= 15 is 0 Å². The molecule has 0 fully saturated rings. The van der Waals surface area contributed by atoms with Crippen LogP contribution in [0.3, 0.4) is 0 Å². The summed E-state index contributed by atoms with van der Waals surface area (Å²) in [6.07, 6.45) is 1.86. The molecule has 4 rings (SSSR count). The van der Waals surface area contributed by atoms with Gasteiger partial charge in [-0.15, -0.1) is 0 Å². The first kappa shape index (κ1) is 16.8. The topological polar surface area (TPSA) is 26.0 Å². The van der Waals surface area contributed by atoms with Gasteiger partial charge in [-0.25, -0.2) is 0 Å². The third-order valence-electron chi connectivity index (χ3n) is 5.13. The fraction of sp³-hybridized carbons (Fsp3) is 0.292. The Labute approximate surface area is 154 Å². The van der Waals surface area contributed by atoms with Gasteiger partial charge in [0.25, 0.3) is 0 Å². The fourth-order valence-electron chi connectivity index (χ4n) is 3.60. The first-order valence-corrected chi connectivity index (χ1v) is 9.37. The predicted molar refractivity (Wildman–Crippen MR) is 110 cm³/mol. The molecule has 0 unspecified atom stereocenters. The van der Waals surface area contributed by atoms with Gasteiger partial charge in [0.1, 0.15) is 11.2 Å². The van der Waals surface area contributed by atoms with E-state index < -0.39 is 0 Å². The van der Waals surface area contributed by atoms with Crippen LogP contribution in [0, 0.1) is 6.92 Å². The molecule has 2 nitrogen and oxygen atoms in total. The van der Waals surface area contributed by atoms with Crippen molar-refractivity contribution in [3.8, 4) is 11.3 Å². The van der Waals surface area contributed by atoms with Gasteiger partial charge in [0.15, 0.2) is 0 Å². The number of nitrogens with zero attached hydrogens (tertiary/aromatic N) is 1. The van der Waals surface area contributed by atoms with E-state index in [4.69, 9.17) is 4.42 Å². The molecule has 0 saturated heterocycles. The summed E-state index contributed by atoms with van der Waals surface area (Å²) in [6, 6.07) is 15.1. The zero-order valence-electron chi connectivity index (χ0n) is 16.1. The molecule has 2 heteroatoms. The molecule has 2 aromatic heterocycles. The maximum atomic E-state index is 6.47. The molecule has 0 aliphatic heterocycles. The molecule has 0 bridgehead atoms. The summed E-state index contributed by atoms with van der Waals surface area (Å²) in [4.78, 5) is 4.57. The van der Waals surface area contributed by atoms with Gasteiger partial charge in [-0.1, -0.05) is 45.9 Å². The Kier molecular flexibility index (Phi) is 4.07. The van der Waals surface area contributed by atoms with E-state index in [-0.39, 0.29) is 0 Å². The summed E-state index contributed by atoms with van der Waals surface area (Å²) in [5.41, 5.74) is 7.82. The number of hydrogen-bond donors (Lipinski definition) is 0. The zero-order valence-corrected chi connectivity index (χ0v) is 16.1. The highest BCUT2D eigenvalue weighted by molar-refractivity contribution is 6.10. The van der Waals surface area contributed by atoms with Crippen LogP contribution in [0.4, 0.5) is 0 Å². The number of pyridine rings is 1. The molecular formula is C24H25NO. The Morgan fingerprint density at radius 3 is 2.35 bits per heavy atom. The molecule has 2 heterocycles. The highest BCUT2D eigenvalue weighted by Gasteiger charge is 2.18. The molecule has 4 aromatic rings. The number of para-hydroxylation sites is 1. The average molecular weight is 343 g/mol. The van der Waals surface area contributed by atoms with E-state index in [1.807, 2.05) is 12.3 Å². The molecule has 0 aliphatic rings. The van der Waals surface area contributed by atoms with Crippen molar-refractivity contribution >= 4 is 21.9 Å². The first-order chi connectivity index (χ1) is 12.5. The third kappa shape index (κ3) is 2.70. The number of fused-ring (bicyclic) bond motifs is 3. The second-order valence-corrected chi connectivity index (χ2v) is 7.80. The summed E-state index contributed by atoms with van der Waals surface area (Å²) in [7, 11) is 0. The Hall–Kier alpha value is -2.61. The van der Waals surface area contributed by atoms with Gasteiger partial charge in [0.2, 0.25) is 0 Å². The van der Waals surface area contributed by atoms with Crippen LogP contribution >= 0.6 is 0 Å². The van der Waals surface area contributed by atoms with Crippen molar-refractivity contribution < 1.29 is 4.42 Å². The number of benzene rings is 2. The van der Waals surface area contributed by atoms with E-state index in [2.05, 4.69) is 76.0 Å². The lowest BCUT2D eigenvalue weighted by atomic mass is 9.93. The summed E-state index contributed by atoms with van der Waals surface area (Å²) in [6.45, 7) is 11.0. The van der Waals surface area contributed by atoms with Crippen molar-refractivity contribution in [2.24, 2.45) is 0 Å². The molecular weight excluding hydrogens is 318 g/mol. The van der Waals surface area contributed by atoms with Crippen molar-refractivity contribution in [2.45, 2.75) is 46.5 Å². The molecule has 0 atom stereocenters. The van der Waals surface area contributed by atoms with Crippen LogP contribution in [0.5, 0.6) is 0 Å². The van der Waals surface area contributed by atoms with E-state index in [0.29, 0.717) is 11.8 Å². The van der Waals surface area contributed by atoms with Crippen LogP contribution in [-0.2, 0) is 0 Å². The maximum absolute atomic E-state index is 6.47. The summed E-state index contributed by atoms with van der Waals surface area (Å²) in [5, 5.41) is 2.38. The third-order valence-corrected chi connectivity index (χ3v) is 5.13. The molecule has 132 valence electrons. The SMILES string of the molecule is Cc1ccnc(-c2cccc3c2oc2c(C(C)C)cc(C(C)C)cc23)c1. The lowest BCUT2D eigenvalue weighted by molar-refractivity contribution is 0.657. The van der Waals surface area contributed by atoms with Crippen LogP contribution in [0.1, 0.15) is 56.2 Å². The van der Waals surface area contributed by atoms with Crippen molar-refractivity contribution in [3.05, 3.63) is 65.4 Å². The first-order valence-electron chi connectivity index (χ1n) is 9.37. The van der Waals surface area contributed by atoms with Gasteiger partial charge in [0.05, 0.1) is 5.69 Å². The molecule has 0 N–H and O–H groups in total. The highest BCUT2D eigenvalue weighted by atomic mass is 16.3. The number of furan rings is 1. The predicted octanol–water partition coefficient (Wildman–Crippen LogP) is 7.20. The van der Waals surface area contributed by atoms with E-state index in [0.717, 1.165) is 22.4 Å². The minimum Gasteiger partial charge on any atom is -0.455 e. The molecule has 26 heavy (non-hydrogen) atoms. The minimum atomic E-state index is 0.414. The molecule has 2 aromatic carbocycles. The van der Waals surface area contributed by atoms with Crippen LogP contribution in [0.25, 0.3) is 33.2 Å².